The molecule has 0 saturated heterocycles. The van der Waals surface area contributed by atoms with Crippen LogP contribution >= 0.6 is 31.9 Å². The molecule has 0 aliphatic heterocycles. The number of aliphatic hydroxyl groups excluding tert-OH is 1. The molecule has 96 valence electrons. The van der Waals surface area contributed by atoms with E-state index in [2.05, 4.69) is 48.7 Å². The van der Waals surface area contributed by atoms with Gasteiger partial charge in [0.25, 0.3) is 0 Å². The molecule has 0 aliphatic carbocycles. The zero-order valence-electron chi connectivity index (χ0n) is 9.70. The van der Waals surface area contributed by atoms with Crippen LogP contribution in [0.1, 0.15) is 6.92 Å². The molecular weight excluding hydrogens is 352 g/mol. The number of nitrogens with zero attached hydrogens (tertiary/aromatic N) is 2. The molecule has 1 aromatic heterocycles. The Morgan fingerprint density at radius 3 is 2.76 bits per heavy atom. The highest BCUT2D eigenvalue weighted by molar-refractivity contribution is 9.11. The van der Waals surface area contributed by atoms with Gasteiger partial charge in [-0.25, -0.2) is 4.98 Å². The summed E-state index contributed by atoms with van der Waals surface area (Å²) >= 11 is 6.87. The third kappa shape index (κ3) is 4.91. The molecule has 0 amide bonds. The third-order valence-corrected chi connectivity index (χ3v) is 3.23. The number of aliphatic hydroxyl groups is 1. The quantitative estimate of drug-likeness (QED) is 0.752. The number of likely N-dealkylation sites (N-methyl/N-ethyl adjacent to an activating group) is 1. The van der Waals surface area contributed by atoms with E-state index >= 15 is 0 Å². The molecule has 1 rings (SSSR count). The topological polar surface area (TPSA) is 45.6 Å². The van der Waals surface area contributed by atoms with Gasteiger partial charge in [-0.15, -0.1) is 0 Å². The van der Waals surface area contributed by atoms with Gasteiger partial charge < -0.3 is 14.7 Å². The zero-order chi connectivity index (χ0) is 12.7. The fourth-order valence-corrected chi connectivity index (χ4v) is 2.63. The second-order valence-corrected chi connectivity index (χ2v) is 5.14. The first-order valence-corrected chi connectivity index (χ1v) is 7.02. The average molecular weight is 368 g/mol. The monoisotopic (exact) mass is 366 g/mol. The van der Waals surface area contributed by atoms with Crippen molar-refractivity contribution < 1.29 is 9.84 Å². The Labute approximate surface area is 118 Å². The number of hydrogen-bond donors (Lipinski definition) is 1. The lowest BCUT2D eigenvalue weighted by Crippen LogP contribution is -2.28. The standard InChI is InChI=1S/C11H16Br2N2O2/c1-2-15(3-5-17-6-4-16)11-10(13)7-9(12)8-14-11/h7-8,16H,2-6H2,1H3. The summed E-state index contributed by atoms with van der Waals surface area (Å²) in [4.78, 5) is 6.49. The van der Waals surface area contributed by atoms with Crippen molar-refractivity contribution in [3.05, 3.63) is 21.2 Å². The van der Waals surface area contributed by atoms with Crippen LogP contribution in [0.5, 0.6) is 0 Å². The molecule has 0 bridgehead atoms. The van der Waals surface area contributed by atoms with E-state index in [4.69, 9.17) is 9.84 Å². The summed E-state index contributed by atoms with van der Waals surface area (Å²) in [5.41, 5.74) is 0. The van der Waals surface area contributed by atoms with Gasteiger partial charge in [-0.05, 0) is 44.8 Å². The Hall–Kier alpha value is -0.170. The van der Waals surface area contributed by atoms with E-state index in [1.165, 1.54) is 0 Å². The number of ether oxygens (including phenoxy) is 1. The fraction of sp³-hybridized carbons (Fsp3) is 0.545. The van der Waals surface area contributed by atoms with Crippen molar-refractivity contribution in [3.8, 4) is 0 Å². The minimum atomic E-state index is 0.0619. The number of rotatable bonds is 7. The maximum Gasteiger partial charge on any atom is 0.143 e. The van der Waals surface area contributed by atoms with Gasteiger partial charge in [0.15, 0.2) is 0 Å². The van der Waals surface area contributed by atoms with Gasteiger partial charge >= 0.3 is 0 Å². The average Bonchev–Trinajstić information content (AvgIpc) is 2.31. The molecule has 6 heteroatoms. The second kappa shape index (κ2) is 8.02. The molecular formula is C11H16Br2N2O2. The lowest BCUT2D eigenvalue weighted by Gasteiger charge is -2.22. The minimum absolute atomic E-state index is 0.0619. The van der Waals surface area contributed by atoms with Gasteiger partial charge in [0, 0.05) is 23.8 Å². The third-order valence-electron chi connectivity index (χ3n) is 2.21. The van der Waals surface area contributed by atoms with Crippen molar-refractivity contribution in [1.82, 2.24) is 4.98 Å². The highest BCUT2D eigenvalue weighted by Crippen LogP contribution is 2.26. The molecule has 0 atom stereocenters. The molecule has 1 N–H and O–H groups in total. The molecule has 0 spiro atoms. The smallest absolute Gasteiger partial charge is 0.143 e. The first-order valence-electron chi connectivity index (χ1n) is 5.43. The highest BCUT2D eigenvalue weighted by Gasteiger charge is 2.10. The van der Waals surface area contributed by atoms with Crippen LogP contribution in [-0.2, 0) is 4.74 Å². The Balaban J connectivity index is 2.59. The number of pyridine rings is 1. The van der Waals surface area contributed by atoms with Crippen LogP contribution < -0.4 is 4.90 Å². The molecule has 1 heterocycles. The maximum atomic E-state index is 8.62. The Bertz CT molecular complexity index is 350. The van der Waals surface area contributed by atoms with Crippen LogP contribution in [-0.4, -0.2) is 43.0 Å². The molecule has 1 aromatic rings. The normalized spacial score (nSPS) is 10.6. The largest absolute Gasteiger partial charge is 0.394 e. The number of aromatic nitrogens is 1. The van der Waals surface area contributed by atoms with E-state index in [1.54, 1.807) is 6.20 Å². The molecule has 4 nitrogen and oxygen atoms in total. The van der Waals surface area contributed by atoms with E-state index in [1.807, 2.05) is 6.07 Å². The zero-order valence-corrected chi connectivity index (χ0v) is 12.9. The van der Waals surface area contributed by atoms with Gasteiger partial charge in [-0.1, -0.05) is 0 Å². The van der Waals surface area contributed by atoms with Crippen LogP contribution in [0.15, 0.2) is 21.2 Å². The van der Waals surface area contributed by atoms with Crippen molar-refractivity contribution in [1.29, 1.82) is 0 Å². The van der Waals surface area contributed by atoms with Gasteiger partial charge in [0.05, 0.1) is 24.3 Å². The fourth-order valence-electron chi connectivity index (χ4n) is 1.40. The van der Waals surface area contributed by atoms with Gasteiger partial charge in [0.1, 0.15) is 5.82 Å². The molecule has 17 heavy (non-hydrogen) atoms. The van der Waals surface area contributed by atoms with Crippen molar-refractivity contribution in [3.63, 3.8) is 0 Å². The molecule has 0 aromatic carbocycles. The maximum absolute atomic E-state index is 8.62. The van der Waals surface area contributed by atoms with E-state index in [9.17, 15) is 0 Å². The van der Waals surface area contributed by atoms with Crippen LogP contribution in [0.3, 0.4) is 0 Å². The summed E-state index contributed by atoms with van der Waals surface area (Å²) < 4.78 is 7.16. The van der Waals surface area contributed by atoms with Gasteiger partial charge in [-0.2, -0.15) is 0 Å². The highest BCUT2D eigenvalue weighted by atomic mass is 79.9. The van der Waals surface area contributed by atoms with Crippen LogP contribution in [0.25, 0.3) is 0 Å². The predicted molar refractivity (Wildman–Crippen MR) is 75.4 cm³/mol. The summed E-state index contributed by atoms with van der Waals surface area (Å²) in [7, 11) is 0. The Kier molecular flexibility index (Phi) is 7.03. The Morgan fingerprint density at radius 2 is 2.18 bits per heavy atom. The minimum Gasteiger partial charge on any atom is -0.394 e. The van der Waals surface area contributed by atoms with Crippen molar-refractivity contribution in [2.45, 2.75) is 6.92 Å². The van der Waals surface area contributed by atoms with Gasteiger partial charge in [-0.3, -0.25) is 0 Å². The molecule has 0 aliphatic rings. The van der Waals surface area contributed by atoms with Crippen molar-refractivity contribution >= 4 is 37.7 Å². The van der Waals surface area contributed by atoms with Crippen molar-refractivity contribution in [2.24, 2.45) is 0 Å². The molecule has 0 radical (unpaired) electrons. The first kappa shape index (κ1) is 14.9. The summed E-state index contributed by atoms with van der Waals surface area (Å²) in [6.07, 6.45) is 1.78. The van der Waals surface area contributed by atoms with Crippen molar-refractivity contribution in [2.75, 3.05) is 37.8 Å². The lowest BCUT2D eigenvalue weighted by molar-refractivity contribution is 0.0967. The second-order valence-electron chi connectivity index (χ2n) is 3.37. The van der Waals surface area contributed by atoms with E-state index in [0.717, 1.165) is 27.9 Å². The number of halogens is 2. The first-order chi connectivity index (χ1) is 8.19. The van der Waals surface area contributed by atoms with E-state index < -0.39 is 0 Å². The SMILES string of the molecule is CCN(CCOCCO)c1ncc(Br)cc1Br. The molecule has 0 saturated carbocycles. The van der Waals surface area contributed by atoms with E-state index in [-0.39, 0.29) is 6.61 Å². The van der Waals surface area contributed by atoms with Crippen LogP contribution in [0, 0.1) is 0 Å². The molecule has 0 fully saturated rings. The summed E-state index contributed by atoms with van der Waals surface area (Å²) in [5.74, 6) is 0.906. The summed E-state index contributed by atoms with van der Waals surface area (Å²) in [6.45, 7) is 4.71. The lowest BCUT2D eigenvalue weighted by atomic mass is 10.4. The number of hydrogen-bond acceptors (Lipinski definition) is 4. The van der Waals surface area contributed by atoms with Crippen LogP contribution in [0.4, 0.5) is 5.82 Å². The van der Waals surface area contributed by atoms with Gasteiger partial charge in [0.2, 0.25) is 0 Å². The predicted octanol–water partition coefficient (Wildman–Crippen LogP) is 2.44. The summed E-state index contributed by atoms with van der Waals surface area (Å²) in [5, 5.41) is 8.62. The summed E-state index contributed by atoms with van der Waals surface area (Å²) in [6, 6.07) is 1.97. The van der Waals surface area contributed by atoms with Crippen LogP contribution in [0.2, 0.25) is 0 Å². The number of anilines is 1. The van der Waals surface area contributed by atoms with E-state index in [0.29, 0.717) is 13.2 Å². The Morgan fingerprint density at radius 1 is 1.41 bits per heavy atom. The molecule has 0 unspecified atom stereocenters.